The molecule has 5 heteroatoms. The molecule has 1 aliphatic heterocycles. The Morgan fingerprint density at radius 2 is 1.87 bits per heavy atom. The van der Waals surface area contributed by atoms with Crippen molar-refractivity contribution in [2.75, 3.05) is 22.2 Å². The third kappa shape index (κ3) is 2.78. The fraction of sp³-hybridized carbons (Fsp3) is 1.00. The van der Waals surface area contributed by atoms with Crippen molar-refractivity contribution in [3.05, 3.63) is 0 Å². The first-order chi connectivity index (χ1) is 6.88. The number of alkyl halides is 2. The Hall–Kier alpha value is 0.910. The van der Waals surface area contributed by atoms with Crippen LogP contribution in [0.2, 0.25) is 0 Å². The maximum absolute atomic E-state index is 11.5. The van der Waals surface area contributed by atoms with Crippen LogP contribution in [-0.2, 0) is 9.84 Å². The van der Waals surface area contributed by atoms with E-state index in [0.717, 1.165) is 17.1 Å². The monoisotopic (exact) mass is 360 g/mol. The van der Waals surface area contributed by atoms with E-state index in [1.54, 1.807) is 0 Å². The van der Waals surface area contributed by atoms with Crippen molar-refractivity contribution >= 4 is 41.7 Å². The van der Waals surface area contributed by atoms with Gasteiger partial charge in [0.2, 0.25) is 0 Å². The average Bonchev–Trinajstić information content (AvgIpc) is 2.49. The first kappa shape index (κ1) is 14.0. The summed E-state index contributed by atoms with van der Waals surface area (Å²) in [5.41, 5.74) is 0.0730. The normalized spacial score (nSPS) is 26.1. The molecule has 0 aromatic carbocycles. The fourth-order valence-electron chi connectivity index (χ4n) is 2.28. The predicted molar refractivity (Wildman–Crippen MR) is 71.6 cm³/mol. The second-order valence-electron chi connectivity index (χ2n) is 4.76. The molecule has 1 fully saturated rings. The number of sulfone groups is 1. The molecule has 1 atom stereocenters. The molecule has 0 aromatic rings. The summed E-state index contributed by atoms with van der Waals surface area (Å²) in [7, 11) is -2.77. The van der Waals surface area contributed by atoms with E-state index in [-0.39, 0.29) is 5.41 Å². The molecule has 15 heavy (non-hydrogen) atoms. The Morgan fingerprint density at radius 3 is 2.13 bits per heavy atom. The van der Waals surface area contributed by atoms with Gasteiger partial charge in [0.15, 0.2) is 9.84 Å². The van der Waals surface area contributed by atoms with Crippen LogP contribution in [-0.4, -0.2) is 30.6 Å². The third-order valence-electron chi connectivity index (χ3n) is 3.69. The first-order valence-corrected chi connectivity index (χ1v) is 9.27. The van der Waals surface area contributed by atoms with Gasteiger partial charge in [-0.05, 0) is 23.7 Å². The minimum atomic E-state index is -2.77. The van der Waals surface area contributed by atoms with E-state index in [1.807, 2.05) is 0 Å². The summed E-state index contributed by atoms with van der Waals surface area (Å²) in [6.07, 6.45) is 0.817. The summed E-state index contributed by atoms with van der Waals surface area (Å²) >= 11 is 7.11. The topological polar surface area (TPSA) is 34.1 Å². The number of hydrogen-bond donors (Lipinski definition) is 0. The number of halogens is 2. The van der Waals surface area contributed by atoms with Gasteiger partial charge < -0.3 is 0 Å². The summed E-state index contributed by atoms with van der Waals surface area (Å²) in [6, 6.07) is 0. The Balaban J connectivity index is 2.92. The zero-order valence-electron chi connectivity index (χ0n) is 9.17. The molecule has 0 N–H and O–H groups in total. The lowest BCUT2D eigenvalue weighted by molar-refractivity contribution is 0.172. The Bertz CT molecular complexity index is 307. The van der Waals surface area contributed by atoms with E-state index >= 15 is 0 Å². The van der Waals surface area contributed by atoms with Crippen LogP contribution in [0.15, 0.2) is 0 Å². The van der Waals surface area contributed by atoms with Crippen LogP contribution in [0.5, 0.6) is 0 Å². The standard InChI is InChI=1S/C10H18Br2O2S/c1-8(2)10(6-11,7-12)9-3-4-15(13,14)5-9/h8-9H,3-7H2,1-2H3. The van der Waals surface area contributed by atoms with Crippen LogP contribution in [0.4, 0.5) is 0 Å². The lowest BCUT2D eigenvalue weighted by Gasteiger charge is -2.39. The van der Waals surface area contributed by atoms with E-state index in [4.69, 9.17) is 0 Å². The maximum Gasteiger partial charge on any atom is 0.150 e. The van der Waals surface area contributed by atoms with Gasteiger partial charge in [0, 0.05) is 10.7 Å². The lowest BCUT2D eigenvalue weighted by atomic mass is 9.70. The van der Waals surface area contributed by atoms with Gasteiger partial charge in [-0.15, -0.1) is 0 Å². The van der Waals surface area contributed by atoms with Crippen LogP contribution in [0.25, 0.3) is 0 Å². The van der Waals surface area contributed by atoms with E-state index in [1.165, 1.54) is 0 Å². The molecule has 0 aliphatic carbocycles. The van der Waals surface area contributed by atoms with E-state index < -0.39 is 9.84 Å². The highest BCUT2D eigenvalue weighted by atomic mass is 79.9. The van der Waals surface area contributed by atoms with Gasteiger partial charge in [0.1, 0.15) is 0 Å². The van der Waals surface area contributed by atoms with Crippen molar-refractivity contribution in [3.8, 4) is 0 Å². The highest BCUT2D eigenvalue weighted by Gasteiger charge is 2.45. The van der Waals surface area contributed by atoms with Crippen molar-refractivity contribution in [2.45, 2.75) is 20.3 Å². The fourth-order valence-corrected chi connectivity index (χ4v) is 7.34. The number of hydrogen-bond acceptors (Lipinski definition) is 2. The van der Waals surface area contributed by atoms with Crippen molar-refractivity contribution in [3.63, 3.8) is 0 Å². The second-order valence-corrected chi connectivity index (χ2v) is 8.11. The molecule has 1 aliphatic rings. The van der Waals surface area contributed by atoms with Crippen molar-refractivity contribution in [1.29, 1.82) is 0 Å². The van der Waals surface area contributed by atoms with Gasteiger partial charge in [-0.1, -0.05) is 45.7 Å². The highest BCUT2D eigenvalue weighted by molar-refractivity contribution is 9.09. The van der Waals surface area contributed by atoms with Crippen LogP contribution in [0.1, 0.15) is 20.3 Å². The van der Waals surface area contributed by atoms with Gasteiger partial charge in [0.25, 0.3) is 0 Å². The smallest absolute Gasteiger partial charge is 0.150 e. The lowest BCUT2D eigenvalue weighted by Crippen LogP contribution is -2.40. The second kappa shape index (κ2) is 5.05. The van der Waals surface area contributed by atoms with E-state index in [2.05, 4.69) is 45.7 Å². The first-order valence-electron chi connectivity index (χ1n) is 5.20. The highest BCUT2D eigenvalue weighted by Crippen LogP contribution is 2.44. The van der Waals surface area contributed by atoms with Gasteiger partial charge in [-0.3, -0.25) is 0 Å². The zero-order valence-corrected chi connectivity index (χ0v) is 13.2. The summed E-state index contributed by atoms with van der Waals surface area (Å²) in [5, 5.41) is 1.73. The molecule has 1 saturated heterocycles. The Morgan fingerprint density at radius 1 is 1.33 bits per heavy atom. The van der Waals surface area contributed by atoms with Crippen LogP contribution in [0.3, 0.4) is 0 Å². The van der Waals surface area contributed by atoms with Gasteiger partial charge in [-0.25, -0.2) is 8.42 Å². The van der Waals surface area contributed by atoms with Crippen molar-refractivity contribution < 1.29 is 8.42 Å². The van der Waals surface area contributed by atoms with Crippen molar-refractivity contribution in [1.82, 2.24) is 0 Å². The van der Waals surface area contributed by atoms with Gasteiger partial charge in [-0.2, -0.15) is 0 Å². The minimum absolute atomic E-state index is 0.0730. The average molecular weight is 362 g/mol. The van der Waals surface area contributed by atoms with Crippen molar-refractivity contribution in [2.24, 2.45) is 17.3 Å². The Kier molecular flexibility index (Phi) is 4.70. The molecule has 0 amide bonds. The van der Waals surface area contributed by atoms with Gasteiger partial charge >= 0.3 is 0 Å². The third-order valence-corrected chi connectivity index (χ3v) is 7.55. The molecule has 1 heterocycles. The van der Waals surface area contributed by atoms with Crippen LogP contribution in [0, 0.1) is 17.3 Å². The quantitative estimate of drug-likeness (QED) is 0.721. The molecular weight excluding hydrogens is 344 g/mol. The molecule has 0 radical (unpaired) electrons. The molecule has 0 aromatic heterocycles. The molecule has 1 unspecified atom stereocenters. The molecule has 1 rings (SSSR count). The SMILES string of the molecule is CC(C)C(CBr)(CBr)C1CCS(=O)(=O)C1. The van der Waals surface area contributed by atoms with Crippen LogP contribution >= 0.6 is 31.9 Å². The summed E-state index contributed by atoms with van der Waals surface area (Å²) in [4.78, 5) is 0. The molecule has 90 valence electrons. The predicted octanol–water partition coefficient (Wildman–Crippen LogP) is 2.85. The molecule has 2 nitrogen and oxygen atoms in total. The summed E-state index contributed by atoms with van der Waals surface area (Å²) in [5.74, 6) is 1.50. The van der Waals surface area contributed by atoms with Gasteiger partial charge in [0.05, 0.1) is 11.5 Å². The van der Waals surface area contributed by atoms with E-state index in [9.17, 15) is 8.42 Å². The molecular formula is C10H18Br2O2S. The zero-order chi connectivity index (χ0) is 11.7. The molecule has 0 saturated carbocycles. The molecule has 0 bridgehead atoms. The summed E-state index contributed by atoms with van der Waals surface area (Å²) < 4.78 is 23.0. The number of rotatable bonds is 4. The summed E-state index contributed by atoms with van der Waals surface area (Å²) in [6.45, 7) is 4.35. The minimum Gasteiger partial charge on any atom is -0.229 e. The molecule has 0 spiro atoms. The largest absolute Gasteiger partial charge is 0.229 e. The maximum atomic E-state index is 11.5. The van der Waals surface area contributed by atoms with Crippen LogP contribution < -0.4 is 0 Å². The Labute approximate surface area is 109 Å². The van der Waals surface area contributed by atoms with E-state index in [0.29, 0.717) is 23.3 Å².